The molecule has 4 rings (SSSR count). The van der Waals surface area contributed by atoms with Crippen LogP contribution in [0.3, 0.4) is 0 Å². The van der Waals surface area contributed by atoms with Crippen LogP contribution in [0.25, 0.3) is 10.9 Å². The maximum atomic E-state index is 15.7. The lowest BCUT2D eigenvalue weighted by Crippen LogP contribution is -2.34. The second kappa shape index (κ2) is 18.6. The minimum atomic E-state index is -2.16. The predicted octanol–water partition coefficient (Wildman–Crippen LogP) is 9.76. The zero-order valence-corrected chi connectivity index (χ0v) is 33.9. The van der Waals surface area contributed by atoms with Crippen LogP contribution < -0.4 is 5.43 Å². The highest BCUT2D eigenvalue weighted by atomic mass is 32.2. The van der Waals surface area contributed by atoms with Gasteiger partial charge in [0.15, 0.2) is 28.6 Å². The first-order valence-electron chi connectivity index (χ1n) is 18.0. The number of carbonyl (C=O) groups excluding carboxylic acids is 1. The van der Waals surface area contributed by atoms with E-state index in [1.54, 1.807) is 26.1 Å². The number of rotatable bonds is 17. The van der Waals surface area contributed by atoms with Crippen LogP contribution >= 0.6 is 11.8 Å². The molecule has 0 saturated carbocycles. The second-order valence-electron chi connectivity index (χ2n) is 14.6. The summed E-state index contributed by atoms with van der Waals surface area (Å²) >= 11 is -1.24. The summed E-state index contributed by atoms with van der Waals surface area (Å²) in [5.74, 6) is -3.10. The Balaban J connectivity index is 1.79. The van der Waals surface area contributed by atoms with Gasteiger partial charge in [-0.05, 0) is 85.9 Å². The molecule has 3 atom stereocenters. The molecule has 292 valence electrons. The van der Waals surface area contributed by atoms with Gasteiger partial charge in [0.1, 0.15) is 5.82 Å². The maximum Gasteiger partial charge on any atom is 0.308 e. The van der Waals surface area contributed by atoms with Gasteiger partial charge in [-0.3, -0.25) is 4.79 Å². The number of amidine groups is 1. The lowest BCUT2D eigenvalue weighted by molar-refractivity contribution is -0.144. The van der Waals surface area contributed by atoms with Crippen molar-refractivity contribution in [1.29, 1.82) is 0 Å². The fourth-order valence-corrected chi connectivity index (χ4v) is 7.97. The number of H-pyrrole nitrogens is 1. The number of benzene rings is 3. The average molecular weight is 785 g/mol. The van der Waals surface area contributed by atoms with Crippen LogP contribution in [0, 0.1) is 28.8 Å². The third-order valence-electron chi connectivity index (χ3n) is 10.2. The number of ether oxygens (including phenoxy) is 1. The first-order chi connectivity index (χ1) is 25.5. The van der Waals surface area contributed by atoms with E-state index in [1.165, 1.54) is 25.4 Å². The number of hydrogen-bond donors (Lipinski definition) is 3. The van der Waals surface area contributed by atoms with Gasteiger partial charge in [0.25, 0.3) is 0 Å². The van der Waals surface area contributed by atoms with Crippen LogP contribution in [0.4, 0.5) is 13.2 Å². The highest BCUT2D eigenvalue weighted by Gasteiger charge is 2.35. The summed E-state index contributed by atoms with van der Waals surface area (Å²) < 4.78 is 72.5. The molecule has 54 heavy (non-hydrogen) atoms. The molecule has 3 aromatic carbocycles. The molecule has 1 unspecified atom stereocenters. The number of aromatic amines is 1. The van der Waals surface area contributed by atoms with E-state index in [9.17, 15) is 13.6 Å². The number of methoxy groups -OCH3 is 1. The first kappa shape index (κ1) is 42.8. The molecule has 4 aromatic rings. The van der Waals surface area contributed by atoms with Gasteiger partial charge in [-0.1, -0.05) is 76.6 Å². The van der Waals surface area contributed by atoms with E-state index in [0.29, 0.717) is 40.2 Å². The Morgan fingerprint density at radius 3 is 2.50 bits per heavy atom. The third kappa shape index (κ3) is 10.2. The van der Waals surface area contributed by atoms with Gasteiger partial charge >= 0.3 is 5.97 Å². The fraction of sp³-hybridized carbons (Fsp3) is 0.439. The number of aromatic nitrogens is 1. The zero-order valence-electron chi connectivity index (χ0n) is 32.2. The second-order valence-corrected chi connectivity index (χ2v) is 16.7. The number of nitrogens with one attached hydrogen (secondary N) is 2. The highest BCUT2D eigenvalue weighted by Crippen LogP contribution is 2.40. The van der Waals surface area contributed by atoms with Crippen molar-refractivity contribution in [3.8, 4) is 0 Å². The molecule has 0 aliphatic heterocycles. The number of carbonyl (C=O) groups is 1. The van der Waals surface area contributed by atoms with E-state index >= 15 is 13.2 Å². The Bertz CT molecular complexity index is 2050. The molecular weight excluding hydrogens is 734 g/mol. The lowest BCUT2D eigenvalue weighted by Gasteiger charge is -2.32. The van der Waals surface area contributed by atoms with E-state index in [1.807, 2.05) is 25.1 Å². The van der Waals surface area contributed by atoms with Crippen molar-refractivity contribution in [2.45, 2.75) is 95.3 Å². The molecule has 13 heteroatoms. The number of fused-ring (bicyclic) bond motifs is 1. The maximum absolute atomic E-state index is 15.7. The molecule has 0 aliphatic carbocycles. The van der Waals surface area contributed by atoms with Crippen molar-refractivity contribution >= 4 is 51.3 Å². The van der Waals surface area contributed by atoms with Crippen molar-refractivity contribution in [2.75, 3.05) is 19.9 Å². The number of aliphatic imine (C=N–C) groups is 1. The molecule has 0 aliphatic rings. The van der Waals surface area contributed by atoms with Crippen molar-refractivity contribution in [3.63, 3.8) is 0 Å². The van der Waals surface area contributed by atoms with E-state index < -0.39 is 33.9 Å². The average Bonchev–Trinajstić information content (AvgIpc) is 3.63. The monoisotopic (exact) mass is 784 g/mol. The Morgan fingerprint density at radius 1 is 1.09 bits per heavy atom. The molecule has 8 nitrogen and oxygen atoms in total. The molecule has 0 bridgehead atoms. The standard InChI is InChI=1S/C41H51F3N4O4S2/c1-9-40(4,5)18-11-19-41(6,28-13-10-12-27(23-28)22-25(2)38(49)52-8)39(48-45-7)47-26(3)32-24-29(14-15-33(32)42)53-37-31(17-21-54(50)51)30-16-20-46-36(30)34(43)35(37)44/h10,12-16,20,23-25,45-46H,9,11,17-19,21-22H2,1-8H3,(H,50,51)/b47-26?,48-39-/t25-,41+/m0/s1. The molecular formula is C41H51F3N4O4S2. The highest BCUT2D eigenvalue weighted by molar-refractivity contribution is 7.99. The van der Waals surface area contributed by atoms with Crippen LogP contribution in [0.2, 0.25) is 0 Å². The molecule has 3 N–H and O–H groups in total. The SMILES string of the molecule is CCC(C)(C)CCC[C@@](C)(/C(N=C(C)c1cc(Sc2c(F)c(F)c3[nH]ccc3c2CCS(=O)O)ccc1F)=N/NC)c1cccc(C[C@H](C)C(=O)OC)c1. The van der Waals surface area contributed by atoms with Gasteiger partial charge < -0.3 is 19.7 Å². The van der Waals surface area contributed by atoms with Crippen LogP contribution in [-0.4, -0.2) is 51.2 Å². The topological polar surface area (TPSA) is 116 Å². The number of esters is 1. The van der Waals surface area contributed by atoms with Crippen molar-refractivity contribution in [1.82, 2.24) is 10.4 Å². The lowest BCUT2D eigenvalue weighted by atomic mass is 9.74. The summed E-state index contributed by atoms with van der Waals surface area (Å²) in [6.45, 7) is 12.2. The molecule has 0 amide bonds. The minimum absolute atomic E-state index is 0.0200. The summed E-state index contributed by atoms with van der Waals surface area (Å²) in [4.78, 5) is 20.3. The van der Waals surface area contributed by atoms with Crippen LogP contribution in [0.1, 0.15) is 89.5 Å². The van der Waals surface area contributed by atoms with E-state index in [0.717, 1.165) is 42.2 Å². The molecule has 0 fully saturated rings. The number of halogens is 3. The predicted molar refractivity (Wildman–Crippen MR) is 213 cm³/mol. The summed E-state index contributed by atoms with van der Waals surface area (Å²) in [5.41, 5.74) is 5.01. The van der Waals surface area contributed by atoms with E-state index in [2.05, 4.69) is 49.3 Å². The smallest absolute Gasteiger partial charge is 0.308 e. The zero-order chi connectivity index (χ0) is 39.8. The third-order valence-corrected chi connectivity index (χ3v) is 11.9. The number of nitrogens with zero attached hydrogens (tertiary/aromatic N) is 2. The summed E-state index contributed by atoms with van der Waals surface area (Å²) in [6, 6.07) is 13.9. The largest absolute Gasteiger partial charge is 0.469 e. The Morgan fingerprint density at radius 2 is 1.83 bits per heavy atom. The van der Waals surface area contributed by atoms with Crippen molar-refractivity contribution in [2.24, 2.45) is 21.4 Å². The molecule has 0 spiro atoms. The van der Waals surface area contributed by atoms with Crippen molar-refractivity contribution < 1.29 is 31.5 Å². The van der Waals surface area contributed by atoms with Gasteiger partial charge in [-0.2, -0.15) is 5.10 Å². The van der Waals surface area contributed by atoms with Gasteiger partial charge in [0.05, 0.1) is 34.6 Å². The quantitative estimate of drug-likeness (QED) is 0.0323. The summed E-state index contributed by atoms with van der Waals surface area (Å²) in [6.07, 6.45) is 5.50. The summed E-state index contributed by atoms with van der Waals surface area (Å²) in [7, 11) is 3.06. The van der Waals surface area contributed by atoms with Crippen LogP contribution in [0.15, 0.2) is 74.6 Å². The molecule has 0 saturated heterocycles. The summed E-state index contributed by atoms with van der Waals surface area (Å²) in [5, 5.41) is 5.06. The van der Waals surface area contributed by atoms with Crippen LogP contribution in [-0.2, 0) is 38.9 Å². The number of aryl methyl sites for hydroxylation is 1. The molecule has 1 aromatic heterocycles. The van der Waals surface area contributed by atoms with Crippen LogP contribution in [0.5, 0.6) is 0 Å². The van der Waals surface area contributed by atoms with Gasteiger partial charge in [0.2, 0.25) is 0 Å². The van der Waals surface area contributed by atoms with Crippen molar-refractivity contribution in [3.05, 3.63) is 94.4 Å². The van der Waals surface area contributed by atoms with E-state index in [4.69, 9.17) is 9.73 Å². The minimum Gasteiger partial charge on any atom is -0.469 e. The van der Waals surface area contributed by atoms with E-state index in [-0.39, 0.29) is 45.5 Å². The number of hydrogen-bond acceptors (Lipinski definition) is 6. The molecule has 0 radical (unpaired) electrons. The van der Waals surface area contributed by atoms with Gasteiger partial charge in [-0.15, -0.1) is 0 Å². The molecule has 1 heterocycles. The van der Waals surface area contributed by atoms with Gasteiger partial charge in [0, 0.05) is 34.8 Å². The van der Waals surface area contributed by atoms with Gasteiger partial charge in [-0.25, -0.2) is 22.4 Å². The number of hydrazone groups is 1. The fourth-order valence-electron chi connectivity index (χ4n) is 6.53. The Kier molecular flexibility index (Phi) is 14.7. The Hall–Kier alpha value is -3.94. The Labute approximate surface area is 323 Å². The first-order valence-corrected chi connectivity index (χ1v) is 20.1. The normalized spacial score (nSPS) is 14.9.